The van der Waals surface area contributed by atoms with Crippen LogP contribution in [-0.4, -0.2) is 41.5 Å². The number of rotatable bonds is 2. The Morgan fingerprint density at radius 1 is 1.28 bits per heavy atom. The third-order valence-corrected chi connectivity index (χ3v) is 6.24. The third kappa shape index (κ3) is 2.69. The molecule has 0 aromatic heterocycles. The van der Waals surface area contributed by atoms with Gasteiger partial charge in [-0.3, -0.25) is 4.21 Å². The number of hydrogen-bond acceptors (Lipinski definition) is 4. The lowest BCUT2D eigenvalue weighted by atomic mass is 10.3. The molecule has 1 saturated heterocycles. The Kier molecular flexibility index (Phi) is 3.96. The summed E-state index contributed by atoms with van der Waals surface area (Å²) < 4.78 is 37.1. The highest BCUT2D eigenvalue weighted by molar-refractivity contribution is 7.89. The fourth-order valence-corrected chi connectivity index (χ4v) is 4.68. The Balaban J connectivity index is 2.30. The predicted molar refractivity (Wildman–Crippen MR) is 72.5 cm³/mol. The summed E-state index contributed by atoms with van der Waals surface area (Å²) in [5.41, 5.74) is 5.89. The van der Waals surface area contributed by atoms with Crippen molar-refractivity contribution in [2.24, 2.45) is 0 Å². The maximum Gasteiger partial charge on any atom is 0.243 e. The molecule has 1 aliphatic rings. The number of sulfonamides is 1. The van der Waals surface area contributed by atoms with Gasteiger partial charge in [0.05, 0.1) is 15.6 Å². The smallest absolute Gasteiger partial charge is 0.243 e. The Labute approximate surface area is 113 Å². The summed E-state index contributed by atoms with van der Waals surface area (Å²) in [5.74, 6) is 0.754. The van der Waals surface area contributed by atoms with E-state index in [0.717, 1.165) is 0 Å². The van der Waals surface area contributed by atoms with Crippen LogP contribution in [0.3, 0.4) is 0 Å². The highest BCUT2D eigenvalue weighted by atomic mass is 35.5. The van der Waals surface area contributed by atoms with Crippen molar-refractivity contribution in [1.82, 2.24) is 4.31 Å². The molecule has 1 aromatic rings. The molecule has 1 heterocycles. The largest absolute Gasteiger partial charge is 0.398 e. The molecule has 2 rings (SSSR count). The molecule has 18 heavy (non-hydrogen) atoms. The summed E-state index contributed by atoms with van der Waals surface area (Å²) >= 11 is 5.83. The van der Waals surface area contributed by atoms with Crippen molar-refractivity contribution < 1.29 is 12.6 Å². The summed E-state index contributed by atoms with van der Waals surface area (Å²) in [6, 6.07) is 4.25. The third-order valence-electron chi connectivity index (χ3n) is 2.75. The first-order chi connectivity index (χ1) is 8.41. The average Bonchev–Trinajstić information content (AvgIpc) is 2.33. The van der Waals surface area contributed by atoms with Crippen LogP contribution in [-0.2, 0) is 20.8 Å². The Hall–Kier alpha value is -0.630. The molecule has 0 radical (unpaired) electrons. The summed E-state index contributed by atoms with van der Waals surface area (Å²) in [7, 11) is -4.48. The molecule has 100 valence electrons. The number of hydrogen-bond donors (Lipinski definition) is 1. The van der Waals surface area contributed by atoms with E-state index in [1.165, 1.54) is 22.5 Å². The molecular weight excluding hydrogens is 296 g/mol. The Morgan fingerprint density at radius 2 is 1.89 bits per heavy atom. The lowest BCUT2D eigenvalue weighted by Gasteiger charge is -2.25. The van der Waals surface area contributed by atoms with Crippen LogP contribution >= 0.6 is 11.6 Å². The molecule has 0 amide bonds. The van der Waals surface area contributed by atoms with Gasteiger partial charge in [-0.25, -0.2) is 8.42 Å². The molecular formula is C10H13ClN2O3S2. The first-order valence-electron chi connectivity index (χ1n) is 5.31. The van der Waals surface area contributed by atoms with Gasteiger partial charge in [-0.05, 0) is 18.2 Å². The molecule has 0 unspecified atom stereocenters. The van der Waals surface area contributed by atoms with Crippen molar-refractivity contribution in [3.8, 4) is 0 Å². The molecule has 0 spiro atoms. The molecule has 0 bridgehead atoms. The minimum Gasteiger partial charge on any atom is -0.398 e. The van der Waals surface area contributed by atoms with Crippen LogP contribution in [0.15, 0.2) is 23.1 Å². The van der Waals surface area contributed by atoms with Gasteiger partial charge in [-0.2, -0.15) is 4.31 Å². The normalized spacial score (nSPS) is 18.9. The van der Waals surface area contributed by atoms with Crippen molar-refractivity contribution in [3.05, 3.63) is 23.2 Å². The summed E-state index contributed by atoms with van der Waals surface area (Å²) in [6.45, 7) is 0.549. The quantitative estimate of drug-likeness (QED) is 0.815. The van der Waals surface area contributed by atoms with Gasteiger partial charge >= 0.3 is 0 Å². The number of halogens is 1. The van der Waals surface area contributed by atoms with Crippen LogP contribution < -0.4 is 5.73 Å². The van der Waals surface area contributed by atoms with Crippen LogP contribution in [0.25, 0.3) is 0 Å². The maximum absolute atomic E-state index is 12.3. The van der Waals surface area contributed by atoms with Gasteiger partial charge in [0.2, 0.25) is 10.0 Å². The number of nitrogen functional groups attached to an aromatic ring is 1. The van der Waals surface area contributed by atoms with Gasteiger partial charge in [0.25, 0.3) is 0 Å². The second kappa shape index (κ2) is 5.16. The molecule has 0 aliphatic carbocycles. The van der Waals surface area contributed by atoms with E-state index in [2.05, 4.69) is 0 Å². The predicted octanol–water partition coefficient (Wildman–Crippen LogP) is 0.675. The highest BCUT2D eigenvalue weighted by Gasteiger charge is 2.28. The standard InChI is InChI=1S/C10H13ClN2O3S2/c11-9-7-8(1-2-10(9)12)18(15,16)13-3-5-17(14)6-4-13/h1-2,7H,3-6,12H2. The van der Waals surface area contributed by atoms with E-state index in [9.17, 15) is 12.6 Å². The van der Waals surface area contributed by atoms with Gasteiger partial charge in [0.15, 0.2) is 0 Å². The Bertz CT molecular complexity index is 579. The minimum absolute atomic E-state index is 0.120. The van der Waals surface area contributed by atoms with Gasteiger partial charge in [0, 0.05) is 35.4 Å². The molecule has 1 aromatic carbocycles. The van der Waals surface area contributed by atoms with Crippen LogP contribution in [0.1, 0.15) is 0 Å². The second-order valence-corrected chi connectivity index (χ2v) is 7.98. The van der Waals surface area contributed by atoms with Crippen LogP contribution in [0.2, 0.25) is 5.02 Å². The maximum atomic E-state index is 12.3. The van der Waals surface area contributed by atoms with Crippen molar-refractivity contribution in [2.75, 3.05) is 30.3 Å². The summed E-state index contributed by atoms with van der Waals surface area (Å²) in [4.78, 5) is 0.120. The summed E-state index contributed by atoms with van der Waals surface area (Å²) in [6.07, 6.45) is 0. The van der Waals surface area contributed by atoms with Gasteiger partial charge in [-0.15, -0.1) is 0 Å². The Morgan fingerprint density at radius 3 is 2.44 bits per heavy atom. The molecule has 2 N–H and O–H groups in total. The molecule has 5 nitrogen and oxygen atoms in total. The number of benzene rings is 1. The topological polar surface area (TPSA) is 80.5 Å². The number of nitrogens with zero attached hydrogens (tertiary/aromatic N) is 1. The van der Waals surface area contributed by atoms with Crippen LogP contribution in [0.5, 0.6) is 0 Å². The number of anilines is 1. The highest BCUT2D eigenvalue weighted by Crippen LogP contribution is 2.25. The average molecular weight is 309 g/mol. The van der Waals surface area contributed by atoms with E-state index in [1.54, 1.807) is 0 Å². The van der Waals surface area contributed by atoms with E-state index in [4.69, 9.17) is 17.3 Å². The van der Waals surface area contributed by atoms with Gasteiger partial charge < -0.3 is 5.73 Å². The monoisotopic (exact) mass is 308 g/mol. The fourth-order valence-electron chi connectivity index (χ4n) is 1.68. The van der Waals surface area contributed by atoms with Crippen LogP contribution in [0.4, 0.5) is 5.69 Å². The molecule has 0 saturated carbocycles. The number of nitrogens with two attached hydrogens (primary N) is 1. The molecule has 0 atom stereocenters. The molecule has 1 fully saturated rings. The SMILES string of the molecule is Nc1ccc(S(=O)(=O)N2CCS(=O)CC2)cc1Cl. The van der Waals surface area contributed by atoms with E-state index in [-0.39, 0.29) is 23.0 Å². The zero-order valence-corrected chi connectivity index (χ0v) is 11.9. The lowest BCUT2D eigenvalue weighted by molar-refractivity contribution is 0.439. The lowest BCUT2D eigenvalue weighted by Crippen LogP contribution is -2.41. The zero-order valence-electron chi connectivity index (χ0n) is 9.50. The minimum atomic E-state index is -3.57. The fraction of sp³-hybridized carbons (Fsp3) is 0.400. The molecule has 1 aliphatic heterocycles. The van der Waals surface area contributed by atoms with Crippen molar-refractivity contribution in [1.29, 1.82) is 0 Å². The second-order valence-electron chi connectivity index (χ2n) is 3.94. The van der Waals surface area contributed by atoms with E-state index >= 15 is 0 Å². The van der Waals surface area contributed by atoms with E-state index in [1.807, 2.05) is 0 Å². The van der Waals surface area contributed by atoms with Crippen LogP contribution in [0, 0.1) is 0 Å². The van der Waals surface area contributed by atoms with Crippen molar-refractivity contribution in [2.45, 2.75) is 4.90 Å². The van der Waals surface area contributed by atoms with E-state index < -0.39 is 20.8 Å². The zero-order chi connectivity index (χ0) is 13.3. The van der Waals surface area contributed by atoms with Gasteiger partial charge in [0.1, 0.15) is 0 Å². The summed E-state index contributed by atoms with van der Waals surface area (Å²) in [5, 5.41) is 0.219. The van der Waals surface area contributed by atoms with Crippen molar-refractivity contribution >= 4 is 38.1 Å². The van der Waals surface area contributed by atoms with E-state index in [0.29, 0.717) is 17.2 Å². The first kappa shape index (κ1) is 13.8. The molecule has 8 heteroatoms. The first-order valence-corrected chi connectivity index (χ1v) is 8.62. The van der Waals surface area contributed by atoms with Gasteiger partial charge in [-0.1, -0.05) is 11.6 Å². The van der Waals surface area contributed by atoms with Crippen molar-refractivity contribution in [3.63, 3.8) is 0 Å².